The fourth-order valence-corrected chi connectivity index (χ4v) is 1.65. The van der Waals surface area contributed by atoms with E-state index in [1.54, 1.807) is 12.3 Å². The van der Waals surface area contributed by atoms with Gasteiger partial charge in [-0.2, -0.15) is 5.11 Å². The highest BCUT2D eigenvalue weighted by Crippen LogP contribution is 2.28. The van der Waals surface area contributed by atoms with Crippen LogP contribution in [0.1, 0.15) is 0 Å². The number of nitrogens with two attached hydrogens (primary N) is 2. The largest absolute Gasteiger partial charge is 0.384 e. The zero-order valence-corrected chi connectivity index (χ0v) is 9.93. The average molecular weight is 253 g/mol. The molecular formula is C12H11N7. The fourth-order valence-electron chi connectivity index (χ4n) is 1.65. The molecule has 0 spiro atoms. The van der Waals surface area contributed by atoms with Gasteiger partial charge in [-0.25, -0.2) is 9.50 Å². The average Bonchev–Trinajstić information content (AvgIpc) is 2.73. The Morgan fingerprint density at radius 2 is 1.79 bits per heavy atom. The highest BCUT2D eigenvalue weighted by molar-refractivity contribution is 5.76. The van der Waals surface area contributed by atoms with Crippen LogP contribution in [0.25, 0.3) is 5.65 Å². The van der Waals surface area contributed by atoms with E-state index in [9.17, 15) is 0 Å². The van der Waals surface area contributed by atoms with E-state index < -0.39 is 0 Å². The second-order valence-corrected chi connectivity index (χ2v) is 3.89. The Kier molecular flexibility index (Phi) is 2.57. The Bertz CT molecular complexity index is 745. The number of anilines is 2. The first-order valence-corrected chi connectivity index (χ1v) is 5.61. The standard InChI is InChI=1S/C12H11N7/c13-9-6-7-19-12(15-9)10(11(14)18-19)17-16-8-4-2-1-3-5-8/h1-7H,(H2,13,15)(H2,14,18). The maximum atomic E-state index is 5.80. The van der Waals surface area contributed by atoms with Crippen LogP contribution < -0.4 is 11.5 Å². The van der Waals surface area contributed by atoms with Crippen molar-refractivity contribution in [2.75, 3.05) is 11.5 Å². The molecule has 4 N–H and O–H groups in total. The summed E-state index contributed by atoms with van der Waals surface area (Å²) in [7, 11) is 0. The number of hydrogen-bond donors (Lipinski definition) is 2. The molecule has 2 aromatic heterocycles. The normalized spacial score (nSPS) is 11.4. The number of nitrogen functional groups attached to an aromatic ring is 2. The molecule has 0 saturated carbocycles. The highest BCUT2D eigenvalue weighted by atomic mass is 15.3. The lowest BCUT2D eigenvalue weighted by Gasteiger charge is -1.94. The fraction of sp³-hybridized carbons (Fsp3) is 0. The second kappa shape index (κ2) is 4.37. The smallest absolute Gasteiger partial charge is 0.187 e. The van der Waals surface area contributed by atoms with Gasteiger partial charge in [-0.05, 0) is 18.2 Å². The zero-order valence-electron chi connectivity index (χ0n) is 9.93. The summed E-state index contributed by atoms with van der Waals surface area (Å²) < 4.78 is 1.52. The van der Waals surface area contributed by atoms with Gasteiger partial charge in [0.15, 0.2) is 17.2 Å². The molecule has 3 rings (SSSR count). The van der Waals surface area contributed by atoms with Crippen LogP contribution in [0.5, 0.6) is 0 Å². The van der Waals surface area contributed by atoms with Crippen molar-refractivity contribution in [3.63, 3.8) is 0 Å². The topological polar surface area (TPSA) is 107 Å². The maximum Gasteiger partial charge on any atom is 0.187 e. The summed E-state index contributed by atoms with van der Waals surface area (Å²) in [6, 6.07) is 11.0. The molecule has 2 heterocycles. The van der Waals surface area contributed by atoms with Crippen LogP contribution in [0.15, 0.2) is 52.8 Å². The molecule has 1 aromatic carbocycles. The summed E-state index contributed by atoms with van der Waals surface area (Å²) >= 11 is 0. The molecule has 0 fully saturated rings. The minimum atomic E-state index is 0.262. The van der Waals surface area contributed by atoms with Gasteiger partial charge in [0.25, 0.3) is 0 Å². The zero-order chi connectivity index (χ0) is 13.2. The lowest BCUT2D eigenvalue weighted by atomic mass is 10.3. The summed E-state index contributed by atoms with van der Waals surface area (Å²) in [4.78, 5) is 4.15. The van der Waals surface area contributed by atoms with Gasteiger partial charge in [-0.1, -0.05) is 18.2 Å². The molecule has 0 bridgehead atoms. The predicted octanol–water partition coefficient (Wildman–Crippen LogP) is 2.31. The number of azo groups is 1. The summed E-state index contributed by atoms with van der Waals surface area (Å²) in [6.45, 7) is 0. The highest BCUT2D eigenvalue weighted by Gasteiger charge is 2.11. The van der Waals surface area contributed by atoms with E-state index in [-0.39, 0.29) is 5.82 Å². The van der Waals surface area contributed by atoms with Gasteiger partial charge in [-0.3, -0.25) is 0 Å². The van der Waals surface area contributed by atoms with E-state index >= 15 is 0 Å². The quantitative estimate of drug-likeness (QED) is 0.683. The van der Waals surface area contributed by atoms with Crippen molar-refractivity contribution in [2.45, 2.75) is 0 Å². The monoisotopic (exact) mass is 253 g/mol. The van der Waals surface area contributed by atoms with Crippen LogP contribution in [0, 0.1) is 0 Å². The van der Waals surface area contributed by atoms with Crippen molar-refractivity contribution >= 4 is 28.7 Å². The van der Waals surface area contributed by atoms with E-state index in [4.69, 9.17) is 11.5 Å². The molecule has 0 aliphatic rings. The maximum absolute atomic E-state index is 5.80. The predicted molar refractivity (Wildman–Crippen MR) is 72.4 cm³/mol. The summed E-state index contributed by atoms with van der Waals surface area (Å²) in [5, 5.41) is 12.3. The molecule has 3 aromatic rings. The molecular weight excluding hydrogens is 242 g/mol. The number of rotatable bonds is 2. The van der Waals surface area contributed by atoms with Gasteiger partial charge in [0.1, 0.15) is 5.82 Å². The number of benzene rings is 1. The first kappa shape index (κ1) is 11.1. The van der Waals surface area contributed by atoms with Crippen molar-refractivity contribution in [1.82, 2.24) is 14.6 Å². The van der Waals surface area contributed by atoms with Crippen molar-refractivity contribution in [3.05, 3.63) is 42.6 Å². The van der Waals surface area contributed by atoms with E-state index in [1.807, 2.05) is 30.3 Å². The molecule has 0 unspecified atom stereocenters. The van der Waals surface area contributed by atoms with Gasteiger partial charge in [0.05, 0.1) is 5.69 Å². The SMILES string of the molecule is Nc1ccn2nc(N)c(N=Nc3ccccc3)c2n1. The van der Waals surface area contributed by atoms with E-state index in [0.717, 1.165) is 5.69 Å². The van der Waals surface area contributed by atoms with E-state index in [2.05, 4.69) is 20.3 Å². The minimum Gasteiger partial charge on any atom is -0.384 e. The Morgan fingerprint density at radius 1 is 1.00 bits per heavy atom. The molecule has 0 amide bonds. The third-order valence-electron chi connectivity index (χ3n) is 2.53. The Labute approximate surface area is 108 Å². The van der Waals surface area contributed by atoms with Gasteiger partial charge >= 0.3 is 0 Å². The van der Waals surface area contributed by atoms with Crippen LogP contribution in [0.2, 0.25) is 0 Å². The molecule has 0 radical (unpaired) electrons. The Morgan fingerprint density at radius 3 is 2.58 bits per heavy atom. The van der Waals surface area contributed by atoms with Gasteiger partial charge in [-0.15, -0.1) is 10.2 Å². The van der Waals surface area contributed by atoms with Crippen molar-refractivity contribution < 1.29 is 0 Å². The first-order chi connectivity index (χ1) is 9.24. The van der Waals surface area contributed by atoms with Crippen LogP contribution in [-0.4, -0.2) is 14.6 Å². The number of hydrogen-bond acceptors (Lipinski definition) is 6. The van der Waals surface area contributed by atoms with Crippen LogP contribution >= 0.6 is 0 Å². The van der Waals surface area contributed by atoms with Gasteiger partial charge in [0.2, 0.25) is 0 Å². The minimum absolute atomic E-state index is 0.262. The molecule has 0 atom stereocenters. The lowest BCUT2D eigenvalue weighted by molar-refractivity contribution is 0.947. The number of nitrogens with zero attached hydrogens (tertiary/aromatic N) is 5. The Balaban J connectivity index is 2.07. The summed E-state index contributed by atoms with van der Waals surface area (Å²) in [5.74, 6) is 0.640. The molecule has 7 nitrogen and oxygen atoms in total. The third kappa shape index (κ3) is 2.08. The second-order valence-electron chi connectivity index (χ2n) is 3.89. The van der Waals surface area contributed by atoms with Gasteiger partial charge < -0.3 is 11.5 Å². The molecule has 94 valence electrons. The van der Waals surface area contributed by atoms with Crippen LogP contribution in [0.3, 0.4) is 0 Å². The van der Waals surface area contributed by atoms with E-state index in [1.165, 1.54) is 4.52 Å². The molecule has 7 heteroatoms. The molecule has 0 aliphatic heterocycles. The molecule has 0 aliphatic carbocycles. The van der Waals surface area contributed by atoms with Gasteiger partial charge in [0, 0.05) is 6.20 Å². The van der Waals surface area contributed by atoms with E-state index in [0.29, 0.717) is 17.2 Å². The number of aromatic nitrogens is 3. The number of fused-ring (bicyclic) bond motifs is 1. The molecule has 19 heavy (non-hydrogen) atoms. The van der Waals surface area contributed by atoms with Crippen molar-refractivity contribution in [2.24, 2.45) is 10.2 Å². The van der Waals surface area contributed by atoms with Crippen molar-refractivity contribution in [3.8, 4) is 0 Å². The van der Waals surface area contributed by atoms with Crippen LogP contribution in [0.4, 0.5) is 23.0 Å². The third-order valence-corrected chi connectivity index (χ3v) is 2.53. The lowest BCUT2D eigenvalue weighted by Crippen LogP contribution is -1.94. The summed E-state index contributed by atoms with van der Waals surface area (Å²) in [5.41, 5.74) is 13.1. The Hall–Kier alpha value is -2.96. The van der Waals surface area contributed by atoms with Crippen molar-refractivity contribution in [1.29, 1.82) is 0 Å². The summed E-state index contributed by atoms with van der Waals surface area (Å²) in [6.07, 6.45) is 1.68. The first-order valence-electron chi connectivity index (χ1n) is 5.61. The molecule has 0 saturated heterocycles. The van der Waals surface area contributed by atoms with Crippen LogP contribution in [-0.2, 0) is 0 Å².